The monoisotopic (exact) mass is 409 g/mol. The van der Waals surface area contributed by atoms with Crippen LogP contribution in [0.25, 0.3) is 11.0 Å². The van der Waals surface area contributed by atoms with Crippen LogP contribution in [0.1, 0.15) is 41.2 Å². The Morgan fingerprint density at radius 2 is 2.17 bits per heavy atom. The molecule has 1 aliphatic heterocycles. The summed E-state index contributed by atoms with van der Waals surface area (Å²) in [6, 6.07) is 4.89. The molecule has 1 unspecified atom stereocenters. The molecule has 0 bridgehead atoms. The van der Waals surface area contributed by atoms with E-state index in [-0.39, 0.29) is 22.8 Å². The minimum atomic E-state index is -1.33. The van der Waals surface area contributed by atoms with Crippen molar-refractivity contribution < 1.29 is 14.3 Å². The van der Waals surface area contributed by atoms with Crippen molar-refractivity contribution in [3.05, 3.63) is 64.0 Å². The third-order valence-electron chi connectivity index (χ3n) is 5.95. The Bertz CT molecular complexity index is 1220. The third kappa shape index (κ3) is 2.93. The molecule has 2 aliphatic rings. The van der Waals surface area contributed by atoms with Crippen molar-refractivity contribution in [1.29, 1.82) is 0 Å². The van der Waals surface area contributed by atoms with Gasteiger partial charge in [-0.15, -0.1) is 0 Å². The average molecular weight is 409 g/mol. The lowest BCUT2D eigenvalue weighted by molar-refractivity contribution is 0.0695. The summed E-state index contributed by atoms with van der Waals surface area (Å²) in [6.45, 7) is 0.858. The molecule has 5 rings (SSSR count). The Hall–Kier alpha value is -3.33. The van der Waals surface area contributed by atoms with Crippen LogP contribution in [0.3, 0.4) is 0 Å². The Morgan fingerprint density at radius 1 is 1.37 bits per heavy atom. The molecule has 3 aromatic rings. The van der Waals surface area contributed by atoms with E-state index in [9.17, 15) is 14.7 Å². The number of nitrogens with zero attached hydrogens (tertiary/aromatic N) is 4. The number of rotatable bonds is 4. The molecule has 1 atom stereocenters. The number of carboxylic acids is 1. The molecule has 8 nitrogen and oxygen atoms in total. The first-order valence-corrected chi connectivity index (χ1v) is 9.80. The van der Waals surface area contributed by atoms with Crippen LogP contribution in [0, 0.1) is 5.82 Å². The molecule has 4 heterocycles. The molecule has 3 N–H and O–H groups in total. The van der Waals surface area contributed by atoms with Crippen molar-refractivity contribution in [1.82, 2.24) is 14.5 Å². The van der Waals surface area contributed by atoms with Gasteiger partial charge in [0.25, 0.3) is 0 Å². The van der Waals surface area contributed by atoms with E-state index in [1.807, 2.05) is 12.1 Å². The normalized spacial score (nSPS) is 21.3. The highest BCUT2D eigenvalue weighted by Gasteiger charge is 2.38. The molecule has 154 valence electrons. The number of fused-ring (bicyclic) bond motifs is 1. The van der Waals surface area contributed by atoms with Gasteiger partial charge < -0.3 is 20.3 Å². The van der Waals surface area contributed by atoms with Crippen LogP contribution < -0.4 is 16.1 Å². The van der Waals surface area contributed by atoms with Crippen LogP contribution in [0.4, 0.5) is 10.2 Å². The van der Waals surface area contributed by atoms with Gasteiger partial charge in [0.1, 0.15) is 11.2 Å². The van der Waals surface area contributed by atoms with Gasteiger partial charge in [-0.3, -0.25) is 9.78 Å². The summed E-state index contributed by atoms with van der Waals surface area (Å²) in [7, 11) is 0. The summed E-state index contributed by atoms with van der Waals surface area (Å²) in [6.07, 6.45) is 7.04. The molecule has 0 radical (unpaired) electrons. The summed E-state index contributed by atoms with van der Waals surface area (Å²) >= 11 is 0. The van der Waals surface area contributed by atoms with E-state index < -0.39 is 22.8 Å². The van der Waals surface area contributed by atoms with Gasteiger partial charge in [-0.25, -0.2) is 14.2 Å². The summed E-state index contributed by atoms with van der Waals surface area (Å²) in [5.41, 5.74) is 5.98. The zero-order valence-corrected chi connectivity index (χ0v) is 16.1. The fourth-order valence-electron chi connectivity index (χ4n) is 4.15. The van der Waals surface area contributed by atoms with E-state index in [1.54, 1.807) is 21.9 Å². The molecule has 30 heavy (non-hydrogen) atoms. The SMILES string of the molecule is NC1(c2cccnc2)CCN(c2nc3c(cc2F)c(=O)c(C(=O)O)cn3C2CC2)C1. The Balaban J connectivity index is 1.60. The highest BCUT2D eigenvalue weighted by atomic mass is 19.1. The van der Waals surface area contributed by atoms with Crippen LogP contribution in [0.5, 0.6) is 0 Å². The number of hydrogen-bond donors (Lipinski definition) is 2. The lowest BCUT2D eigenvalue weighted by Gasteiger charge is -2.25. The van der Waals surface area contributed by atoms with E-state index in [2.05, 4.69) is 9.97 Å². The number of halogens is 1. The van der Waals surface area contributed by atoms with Crippen molar-refractivity contribution in [2.24, 2.45) is 5.73 Å². The predicted molar refractivity (Wildman–Crippen MR) is 108 cm³/mol. The van der Waals surface area contributed by atoms with Gasteiger partial charge in [0.15, 0.2) is 11.6 Å². The second kappa shape index (κ2) is 6.60. The van der Waals surface area contributed by atoms with Crippen molar-refractivity contribution in [3.63, 3.8) is 0 Å². The fourth-order valence-corrected chi connectivity index (χ4v) is 4.15. The first-order chi connectivity index (χ1) is 14.4. The number of pyridine rings is 3. The molecule has 1 aliphatic carbocycles. The highest BCUT2D eigenvalue weighted by Crippen LogP contribution is 2.38. The third-order valence-corrected chi connectivity index (χ3v) is 5.95. The van der Waals surface area contributed by atoms with Gasteiger partial charge in [-0.05, 0) is 37.0 Å². The maximum absolute atomic E-state index is 15.0. The maximum Gasteiger partial charge on any atom is 0.341 e. The van der Waals surface area contributed by atoms with Crippen LogP contribution >= 0.6 is 0 Å². The number of nitrogens with two attached hydrogens (primary N) is 1. The zero-order valence-electron chi connectivity index (χ0n) is 16.1. The van der Waals surface area contributed by atoms with Gasteiger partial charge in [0, 0.05) is 37.7 Å². The second-order valence-electron chi connectivity index (χ2n) is 8.05. The van der Waals surface area contributed by atoms with E-state index in [0.717, 1.165) is 24.5 Å². The molecular weight excluding hydrogens is 389 g/mol. The molecule has 0 aromatic carbocycles. The molecule has 0 amide bonds. The van der Waals surface area contributed by atoms with Crippen molar-refractivity contribution in [2.75, 3.05) is 18.0 Å². The summed E-state index contributed by atoms with van der Waals surface area (Å²) in [5, 5.41) is 9.34. The maximum atomic E-state index is 15.0. The van der Waals surface area contributed by atoms with Gasteiger partial charge in [0.05, 0.1) is 10.9 Å². The molecule has 1 saturated heterocycles. The number of aromatic nitrogens is 3. The minimum absolute atomic E-state index is 0.0199. The Kier molecular flexibility index (Phi) is 4.11. The van der Waals surface area contributed by atoms with E-state index in [4.69, 9.17) is 5.73 Å². The molecular formula is C21H20FN5O3. The van der Waals surface area contributed by atoms with Crippen LogP contribution in [0.2, 0.25) is 0 Å². The lowest BCUT2D eigenvalue weighted by Crippen LogP contribution is -2.40. The molecule has 0 spiro atoms. The molecule has 9 heteroatoms. The first-order valence-electron chi connectivity index (χ1n) is 9.80. The van der Waals surface area contributed by atoms with Gasteiger partial charge in [-0.1, -0.05) is 6.07 Å². The van der Waals surface area contributed by atoms with E-state index in [1.165, 1.54) is 6.20 Å². The van der Waals surface area contributed by atoms with E-state index in [0.29, 0.717) is 25.2 Å². The van der Waals surface area contributed by atoms with Gasteiger partial charge >= 0.3 is 5.97 Å². The summed E-state index contributed by atoms with van der Waals surface area (Å²) < 4.78 is 16.7. The van der Waals surface area contributed by atoms with Crippen molar-refractivity contribution >= 4 is 22.8 Å². The number of anilines is 1. The standard InChI is InChI=1S/C21H20FN5O3/c22-16-8-14-17(28)15(20(29)30)10-27(13-3-4-13)18(14)25-19(16)26-7-5-21(23,11-26)12-2-1-6-24-9-12/h1-2,6,8-10,13H,3-5,7,11,23H2,(H,29,30). The quantitative estimate of drug-likeness (QED) is 0.678. The van der Waals surface area contributed by atoms with Crippen LogP contribution in [0.15, 0.2) is 41.6 Å². The second-order valence-corrected chi connectivity index (χ2v) is 8.05. The predicted octanol–water partition coefficient (Wildman–Crippen LogP) is 2.03. The fraction of sp³-hybridized carbons (Fsp3) is 0.333. The minimum Gasteiger partial charge on any atom is -0.477 e. The highest BCUT2D eigenvalue weighted by molar-refractivity contribution is 5.92. The summed E-state index contributed by atoms with van der Waals surface area (Å²) in [4.78, 5) is 34.5. The van der Waals surface area contributed by atoms with Gasteiger partial charge in [-0.2, -0.15) is 0 Å². The Labute approximate surface area is 170 Å². The topological polar surface area (TPSA) is 114 Å². The lowest BCUT2D eigenvalue weighted by atomic mass is 9.92. The molecule has 1 saturated carbocycles. The van der Waals surface area contributed by atoms with Crippen molar-refractivity contribution in [2.45, 2.75) is 30.8 Å². The number of hydrogen-bond acceptors (Lipinski definition) is 6. The number of aromatic carboxylic acids is 1. The number of carbonyl (C=O) groups is 1. The average Bonchev–Trinajstić information content (AvgIpc) is 3.50. The van der Waals surface area contributed by atoms with Crippen LogP contribution in [-0.4, -0.2) is 38.7 Å². The van der Waals surface area contributed by atoms with E-state index >= 15 is 4.39 Å². The smallest absolute Gasteiger partial charge is 0.341 e. The zero-order chi connectivity index (χ0) is 21.0. The Morgan fingerprint density at radius 3 is 2.83 bits per heavy atom. The number of carboxylic acid groups (broad SMARTS) is 1. The largest absolute Gasteiger partial charge is 0.477 e. The summed E-state index contributed by atoms with van der Waals surface area (Å²) in [5.74, 6) is -1.87. The first kappa shape index (κ1) is 18.7. The van der Waals surface area contributed by atoms with Crippen LogP contribution in [-0.2, 0) is 5.54 Å². The van der Waals surface area contributed by atoms with Gasteiger partial charge in [0.2, 0.25) is 5.43 Å². The molecule has 3 aromatic heterocycles. The van der Waals surface area contributed by atoms with Crippen molar-refractivity contribution in [3.8, 4) is 0 Å². The molecule has 2 fully saturated rings.